The number of allylic oxidation sites excluding steroid dienone is 3. The highest BCUT2D eigenvalue weighted by Gasteiger charge is 1.97. The first-order valence-electron chi connectivity index (χ1n) is 2.82. The first-order chi connectivity index (χ1) is 4.33. The third-order valence-corrected chi connectivity index (χ3v) is 1.98. The van der Waals surface area contributed by atoms with Crippen molar-refractivity contribution >= 4 is 17.5 Å². The molecule has 0 aromatic carbocycles. The van der Waals surface area contributed by atoms with Gasteiger partial charge in [-0.25, -0.2) is 0 Å². The van der Waals surface area contributed by atoms with Crippen molar-refractivity contribution in [1.29, 1.82) is 5.41 Å². The first kappa shape index (κ1) is 6.62. The molecule has 1 nitrogen and oxygen atoms in total. The number of hydrogen-bond acceptors (Lipinski definition) is 2. The number of rotatable bonds is 1. The van der Waals surface area contributed by atoms with E-state index >= 15 is 0 Å². The van der Waals surface area contributed by atoms with Gasteiger partial charge in [0.05, 0.1) is 0 Å². The van der Waals surface area contributed by atoms with Crippen LogP contribution >= 0.6 is 11.8 Å². The van der Waals surface area contributed by atoms with Crippen LogP contribution in [0.2, 0.25) is 0 Å². The van der Waals surface area contributed by atoms with Crippen molar-refractivity contribution in [3.05, 3.63) is 23.1 Å². The fraction of sp³-hybridized carbons (Fsp3) is 0.286. The molecule has 1 rings (SSSR count). The Morgan fingerprint density at radius 3 is 2.78 bits per heavy atom. The largest absolute Gasteiger partial charge is 0.305 e. The quantitative estimate of drug-likeness (QED) is 0.591. The van der Waals surface area contributed by atoms with Crippen LogP contribution in [0.4, 0.5) is 0 Å². The maximum atomic E-state index is 7.21. The Morgan fingerprint density at radius 2 is 2.33 bits per heavy atom. The molecule has 0 heterocycles. The Hall–Kier alpha value is -0.500. The van der Waals surface area contributed by atoms with E-state index in [1.807, 2.05) is 18.4 Å². The molecule has 0 radical (unpaired) electrons. The fourth-order valence-corrected chi connectivity index (χ4v) is 1.13. The van der Waals surface area contributed by atoms with Gasteiger partial charge in [-0.1, -0.05) is 6.08 Å². The SMILES string of the molecule is CSC1=CCC(=N)C=C1. The standard InChI is InChI=1S/C7H9NS/c1-9-7-4-2-6(8)3-5-7/h2,4-5,8H,3H2,1H3. The maximum Gasteiger partial charge on any atom is 0.0352 e. The van der Waals surface area contributed by atoms with Crippen molar-refractivity contribution in [3.63, 3.8) is 0 Å². The van der Waals surface area contributed by atoms with Crippen LogP contribution in [0.3, 0.4) is 0 Å². The minimum atomic E-state index is 0.702. The summed E-state index contributed by atoms with van der Waals surface area (Å²) in [5.74, 6) is 0. The molecule has 0 saturated heterocycles. The summed E-state index contributed by atoms with van der Waals surface area (Å²) in [7, 11) is 0. The van der Waals surface area contributed by atoms with E-state index in [1.54, 1.807) is 11.8 Å². The highest BCUT2D eigenvalue weighted by molar-refractivity contribution is 8.02. The molecule has 0 amide bonds. The second-order valence-corrected chi connectivity index (χ2v) is 2.75. The van der Waals surface area contributed by atoms with E-state index in [4.69, 9.17) is 5.41 Å². The molecule has 0 unspecified atom stereocenters. The molecule has 0 fully saturated rings. The van der Waals surface area contributed by atoms with Crippen molar-refractivity contribution in [2.75, 3.05) is 6.26 Å². The summed E-state index contributed by atoms with van der Waals surface area (Å²) in [5, 5.41) is 7.21. The molecule has 0 bridgehead atoms. The van der Waals surface area contributed by atoms with E-state index in [9.17, 15) is 0 Å². The Morgan fingerprint density at radius 1 is 1.56 bits per heavy atom. The molecule has 1 aliphatic carbocycles. The zero-order valence-electron chi connectivity index (χ0n) is 5.35. The summed E-state index contributed by atoms with van der Waals surface area (Å²) in [6, 6.07) is 0. The van der Waals surface area contributed by atoms with Crippen LogP contribution in [0.15, 0.2) is 23.1 Å². The number of nitrogens with one attached hydrogen (secondary N) is 1. The van der Waals surface area contributed by atoms with E-state index in [0.717, 1.165) is 6.42 Å². The zero-order chi connectivity index (χ0) is 6.69. The summed E-state index contributed by atoms with van der Waals surface area (Å²) < 4.78 is 0. The second kappa shape index (κ2) is 2.87. The molecular weight excluding hydrogens is 130 g/mol. The van der Waals surface area contributed by atoms with Gasteiger partial charge >= 0.3 is 0 Å². The van der Waals surface area contributed by atoms with Gasteiger partial charge in [0.2, 0.25) is 0 Å². The lowest BCUT2D eigenvalue weighted by Crippen LogP contribution is -1.92. The second-order valence-electron chi connectivity index (χ2n) is 1.87. The van der Waals surface area contributed by atoms with Crippen molar-refractivity contribution < 1.29 is 0 Å². The molecule has 0 saturated carbocycles. The predicted molar refractivity (Wildman–Crippen MR) is 43.1 cm³/mol. The normalized spacial score (nSPS) is 17.9. The third kappa shape index (κ3) is 1.72. The molecule has 0 spiro atoms. The Balaban J connectivity index is 2.63. The van der Waals surface area contributed by atoms with Crippen molar-refractivity contribution in [3.8, 4) is 0 Å². The van der Waals surface area contributed by atoms with Gasteiger partial charge in [0.25, 0.3) is 0 Å². The summed E-state index contributed by atoms with van der Waals surface area (Å²) in [6.45, 7) is 0. The zero-order valence-corrected chi connectivity index (χ0v) is 6.16. The summed E-state index contributed by atoms with van der Waals surface area (Å²) in [4.78, 5) is 1.27. The third-order valence-electron chi connectivity index (χ3n) is 1.21. The maximum absolute atomic E-state index is 7.21. The van der Waals surface area contributed by atoms with Crippen LogP contribution in [0.5, 0.6) is 0 Å². The van der Waals surface area contributed by atoms with Crippen LogP contribution in [-0.2, 0) is 0 Å². The Labute approximate surface area is 59.4 Å². The average Bonchev–Trinajstić information content (AvgIpc) is 1.90. The highest BCUT2D eigenvalue weighted by Crippen LogP contribution is 2.17. The van der Waals surface area contributed by atoms with Gasteiger partial charge in [0, 0.05) is 17.0 Å². The van der Waals surface area contributed by atoms with Crippen LogP contribution in [-0.4, -0.2) is 12.0 Å². The summed E-state index contributed by atoms with van der Waals surface area (Å²) in [6.07, 6.45) is 8.76. The molecular formula is C7H9NS. The predicted octanol–water partition coefficient (Wildman–Crippen LogP) is 2.21. The summed E-state index contributed by atoms with van der Waals surface area (Å²) in [5.41, 5.74) is 0.702. The lowest BCUT2D eigenvalue weighted by Gasteiger charge is -2.02. The van der Waals surface area contributed by atoms with Crippen molar-refractivity contribution in [1.82, 2.24) is 0 Å². The minimum absolute atomic E-state index is 0.702. The molecule has 1 N–H and O–H groups in total. The monoisotopic (exact) mass is 139 g/mol. The first-order valence-corrected chi connectivity index (χ1v) is 4.05. The van der Waals surface area contributed by atoms with Gasteiger partial charge in [-0.15, -0.1) is 11.8 Å². The topological polar surface area (TPSA) is 23.9 Å². The van der Waals surface area contributed by atoms with Crippen LogP contribution in [0.1, 0.15) is 6.42 Å². The van der Waals surface area contributed by atoms with Crippen molar-refractivity contribution in [2.45, 2.75) is 6.42 Å². The van der Waals surface area contributed by atoms with Crippen LogP contribution < -0.4 is 0 Å². The fourth-order valence-electron chi connectivity index (χ4n) is 0.681. The van der Waals surface area contributed by atoms with Gasteiger partial charge in [-0.2, -0.15) is 0 Å². The van der Waals surface area contributed by atoms with Crippen LogP contribution in [0.25, 0.3) is 0 Å². The Kier molecular flexibility index (Phi) is 2.11. The van der Waals surface area contributed by atoms with Gasteiger partial charge in [-0.05, 0) is 18.4 Å². The van der Waals surface area contributed by atoms with Crippen molar-refractivity contribution in [2.24, 2.45) is 0 Å². The lowest BCUT2D eigenvalue weighted by molar-refractivity contribution is 1.36. The lowest BCUT2D eigenvalue weighted by atomic mass is 10.2. The molecule has 0 aliphatic heterocycles. The molecule has 0 atom stereocenters. The van der Waals surface area contributed by atoms with Gasteiger partial charge in [0.1, 0.15) is 0 Å². The van der Waals surface area contributed by atoms with Crippen LogP contribution in [0, 0.1) is 5.41 Å². The van der Waals surface area contributed by atoms with E-state index < -0.39 is 0 Å². The smallest absolute Gasteiger partial charge is 0.0352 e. The number of thioether (sulfide) groups is 1. The van der Waals surface area contributed by atoms with E-state index in [1.165, 1.54) is 4.91 Å². The van der Waals surface area contributed by atoms with E-state index in [2.05, 4.69) is 6.08 Å². The van der Waals surface area contributed by atoms with E-state index in [0.29, 0.717) is 5.71 Å². The molecule has 48 valence electrons. The van der Waals surface area contributed by atoms with Gasteiger partial charge < -0.3 is 5.41 Å². The molecule has 1 aliphatic rings. The van der Waals surface area contributed by atoms with E-state index in [-0.39, 0.29) is 0 Å². The van der Waals surface area contributed by atoms with Gasteiger partial charge in [0.15, 0.2) is 0 Å². The molecule has 9 heavy (non-hydrogen) atoms. The number of hydrogen-bond donors (Lipinski definition) is 1. The minimum Gasteiger partial charge on any atom is -0.305 e. The highest BCUT2D eigenvalue weighted by atomic mass is 32.2. The average molecular weight is 139 g/mol. The molecule has 0 aromatic heterocycles. The molecule has 2 heteroatoms. The molecule has 0 aromatic rings. The van der Waals surface area contributed by atoms with Gasteiger partial charge in [-0.3, -0.25) is 0 Å². The summed E-state index contributed by atoms with van der Waals surface area (Å²) >= 11 is 1.73. The Bertz CT molecular complexity index is 179.